The van der Waals surface area contributed by atoms with E-state index in [0.717, 1.165) is 9.64 Å². The number of amides is 1. The molecule has 0 heterocycles. The lowest BCUT2D eigenvalue weighted by atomic mass is 10.2. The van der Waals surface area contributed by atoms with E-state index in [0.29, 0.717) is 5.69 Å². The Hall–Kier alpha value is -1.19. The minimum absolute atomic E-state index is 0.0174. The summed E-state index contributed by atoms with van der Waals surface area (Å²) in [5, 5.41) is 1.23. The van der Waals surface area contributed by atoms with Crippen molar-refractivity contribution in [1.82, 2.24) is 0 Å². The number of hydrogen-bond acceptors (Lipinski definition) is 3. The van der Waals surface area contributed by atoms with Crippen molar-refractivity contribution in [2.45, 2.75) is 17.9 Å². The van der Waals surface area contributed by atoms with Crippen LogP contribution in [-0.2, 0) is 20.4 Å². The van der Waals surface area contributed by atoms with Gasteiger partial charge in [0.25, 0.3) is 0 Å². The van der Waals surface area contributed by atoms with Crippen LogP contribution >= 0.6 is 34.2 Å². The average Bonchev–Trinajstić information content (AvgIpc) is 2.50. The molecule has 8 heteroatoms. The molecule has 0 radical (unpaired) electrons. The number of sulfone groups is 1. The van der Waals surface area contributed by atoms with Gasteiger partial charge in [-0.15, -0.1) is 0 Å². The summed E-state index contributed by atoms with van der Waals surface area (Å²) in [6, 6.07) is 10.9. The number of benzene rings is 2. The Morgan fingerprint density at radius 3 is 2.58 bits per heavy atom. The van der Waals surface area contributed by atoms with Crippen LogP contribution < -0.4 is 5.32 Å². The lowest BCUT2D eigenvalue weighted by Gasteiger charge is -2.14. The molecule has 1 atom stereocenters. The van der Waals surface area contributed by atoms with Crippen molar-refractivity contribution in [1.29, 1.82) is 0 Å². The highest BCUT2D eigenvalue weighted by atomic mass is 127. The van der Waals surface area contributed by atoms with E-state index in [9.17, 15) is 17.6 Å². The largest absolute Gasteiger partial charge is 0.325 e. The molecule has 0 bridgehead atoms. The zero-order valence-electron chi connectivity index (χ0n) is 12.6. The van der Waals surface area contributed by atoms with Crippen molar-refractivity contribution in [3.05, 3.63) is 62.4 Å². The predicted octanol–water partition coefficient (Wildman–Crippen LogP) is 4.03. The van der Waals surface area contributed by atoms with Crippen LogP contribution in [0.4, 0.5) is 10.1 Å². The van der Waals surface area contributed by atoms with Crippen LogP contribution in [-0.4, -0.2) is 19.6 Å². The third kappa shape index (κ3) is 4.67. The van der Waals surface area contributed by atoms with E-state index in [4.69, 9.17) is 11.6 Å². The number of halogens is 3. The van der Waals surface area contributed by atoms with Crippen LogP contribution in [0.3, 0.4) is 0 Å². The predicted molar refractivity (Wildman–Crippen MR) is 101 cm³/mol. The summed E-state index contributed by atoms with van der Waals surface area (Å²) >= 11 is 7.94. The Labute approximate surface area is 158 Å². The normalized spacial score (nSPS) is 12.7. The van der Waals surface area contributed by atoms with E-state index in [2.05, 4.69) is 27.9 Å². The third-order valence-corrected chi connectivity index (χ3v) is 6.41. The van der Waals surface area contributed by atoms with Gasteiger partial charge in [0.15, 0.2) is 9.84 Å². The van der Waals surface area contributed by atoms with Crippen LogP contribution in [0.25, 0.3) is 0 Å². The quantitative estimate of drug-likeness (QED) is 0.656. The van der Waals surface area contributed by atoms with E-state index < -0.39 is 32.6 Å². The molecule has 128 valence electrons. The fourth-order valence-corrected chi connectivity index (χ4v) is 4.15. The van der Waals surface area contributed by atoms with Gasteiger partial charge in [0.1, 0.15) is 11.1 Å². The second-order valence-electron chi connectivity index (χ2n) is 5.15. The molecule has 0 aliphatic heterocycles. The van der Waals surface area contributed by atoms with Crippen LogP contribution in [0, 0.1) is 9.39 Å². The highest BCUT2D eigenvalue weighted by Gasteiger charge is 2.30. The van der Waals surface area contributed by atoms with Gasteiger partial charge >= 0.3 is 0 Å². The maximum Gasteiger partial charge on any atom is 0.242 e. The maximum absolute atomic E-state index is 13.8. The fraction of sp³-hybridized carbons (Fsp3) is 0.188. The minimum atomic E-state index is -3.93. The van der Waals surface area contributed by atoms with Gasteiger partial charge in [-0.3, -0.25) is 4.79 Å². The van der Waals surface area contributed by atoms with Crippen molar-refractivity contribution >= 4 is 55.6 Å². The zero-order valence-corrected chi connectivity index (χ0v) is 16.3. The summed E-state index contributed by atoms with van der Waals surface area (Å²) in [5.74, 6) is -2.03. The van der Waals surface area contributed by atoms with Gasteiger partial charge in [-0.2, -0.15) is 0 Å². The summed E-state index contributed by atoms with van der Waals surface area (Å²) in [7, 11) is -3.93. The molecule has 2 aromatic rings. The zero-order chi connectivity index (χ0) is 17.9. The molecule has 0 saturated heterocycles. The van der Waals surface area contributed by atoms with Gasteiger partial charge in [0.2, 0.25) is 5.91 Å². The van der Waals surface area contributed by atoms with Gasteiger partial charge in [-0.05, 0) is 59.8 Å². The number of rotatable bonds is 5. The lowest BCUT2D eigenvalue weighted by Crippen LogP contribution is -2.33. The number of hydrogen-bond donors (Lipinski definition) is 1. The van der Waals surface area contributed by atoms with Crippen molar-refractivity contribution < 1.29 is 17.6 Å². The smallest absolute Gasteiger partial charge is 0.242 e. The van der Waals surface area contributed by atoms with Crippen molar-refractivity contribution in [3.63, 3.8) is 0 Å². The van der Waals surface area contributed by atoms with E-state index >= 15 is 0 Å². The summed E-state index contributed by atoms with van der Waals surface area (Å²) in [6.07, 6.45) is 0. The number of nitrogens with one attached hydrogen (secondary N) is 1. The van der Waals surface area contributed by atoms with E-state index in [1.807, 2.05) is 6.07 Å². The van der Waals surface area contributed by atoms with Crippen molar-refractivity contribution in [3.8, 4) is 0 Å². The second kappa shape index (κ2) is 7.79. The first-order valence-electron chi connectivity index (χ1n) is 6.91. The second-order valence-corrected chi connectivity index (χ2v) is 9.12. The van der Waals surface area contributed by atoms with Crippen LogP contribution in [0.5, 0.6) is 0 Å². The summed E-state index contributed by atoms with van der Waals surface area (Å²) in [5.41, 5.74) is 0.367. The molecule has 24 heavy (non-hydrogen) atoms. The van der Waals surface area contributed by atoms with Crippen molar-refractivity contribution in [2.24, 2.45) is 0 Å². The average molecular weight is 482 g/mol. The fourth-order valence-electron chi connectivity index (χ4n) is 1.97. The Morgan fingerprint density at radius 1 is 1.29 bits per heavy atom. The molecule has 1 N–H and O–H groups in total. The molecular formula is C16H14ClFINO3S. The standard InChI is InChI=1S/C16H14ClFINO3S/c1-10(16(21)20-12-5-2-4-11(19)8-12)24(22,23)9-13-14(17)6-3-7-15(13)18/h2-8,10H,9H2,1H3,(H,20,21). The van der Waals surface area contributed by atoms with E-state index in [-0.39, 0.29) is 10.6 Å². The first-order chi connectivity index (χ1) is 11.2. The first kappa shape index (κ1) is 19.1. The Balaban J connectivity index is 2.18. The number of carbonyl (C=O) groups excluding carboxylic acids is 1. The van der Waals surface area contributed by atoms with Gasteiger partial charge in [0, 0.05) is 19.8 Å². The summed E-state index contributed by atoms with van der Waals surface area (Å²) < 4.78 is 39.5. The Morgan fingerprint density at radius 2 is 1.96 bits per heavy atom. The molecule has 0 aromatic heterocycles. The topological polar surface area (TPSA) is 63.2 Å². The number of anilines is 1. The lowest BCUT2D eigenvalue weighted by molar-refractivity contribution is -0.115. The van der Waals surface area contributed by atoms with Crippen LogP contribution in [0.2, 0.25) is 5.02 Å². The first-order valence-corrected chi connectivity index (χ1v) is 10.1. The Bertz CT molecular complexity index is 853. The molecule has 2 aromatic carbocycles. The van der Waals surface area contributed by atoms with Gasteiger partial charge in [-0.25, -0.2) is 12.8 Å². The summed E-state index contributed by atoms with van der Waals surface area (Å²) in [6.45, 7) is 1.27. The number of carbonyl (C=O) groups is 1. The molecule has 2 rings (SSSR count). The molecule has 1 unspecified atom stereocenters. The van der Waals surface area contributed by atoms with E-state index in [1.54, 1.807) is 18.2 Å². The maximum atomic E-state index is 13.8. The molecule has 4 nitrogen and oxygen atoms in total. The SMILES string of the molecule is CC(C(=O)Nc1cccc(I)c1)S(=O)(=O)Cc1c(F)cccc1Cl. The molecule has 0 spiro atoms. The van der Waals surface area contributed by atoms with Gasteiger partial charge in [-0.1, -0.05) is 23.7 Å². The summed E-state index contributed by atoms with van der Waals surface area (Å²) in [4.78, 5) is 12.2. The molecular weight excluding hydrogens is 468 g/mol. The van der Waals surface area contributed by atoms with Crippen molar-refractivity contribution in [2.75, 3.05) is 5.32 Å². The molecule has 1 amide bonds. The minimum Gasteiger partial charge on any atom is -0.325 e. The molecule has 0 aliphatic rings. The molecule has 0 saturated carbocycles. The highest BCUT2D eigenvalue weighted by Crippen LogP contribution is 2.23. The van der Waals surface area contributed by atoms with Crippen LogP contribution in [0.1, 0.15) is 12.5 Å². The monoisotopic (exact) mass is 481 g/mol. The van der Waals surface area contributed by atoms with Crippen LogP contribution in [0.15, 0.2) is 42.5 Å². The molecule has 0 fully saturated rings. The van der Waals surface area contributed by atoms with Gasteiger partial charge in [0.05, 0.1) is 5.75 Å². The Kier molecular flexibility index (Phi) is 6.22. The third-order valence-electron chi connectivity index (χ3n) is 3.41. The van der Waals surface area contributed by atoms with Gasteiger partial charge < -0.3 is 5.32 Å². The van der Waals surface area contributed by atoms with E-state index in [1.165, 1.54) is 19.1 Å². The molecule has 0 aliphatic carbocycles. The highest BCUT2D eigenvalue weighted by molar-refractivity contribution is 14.1.